The zero-order valence-corrected chi connectivity index (χ0v) is 13.7. The number of esters is 1. The summed E-state index contributed by atoms with van der Waals surface area (Å²) in [6, 6.07) is 13.8. The van der Waals surface area contributed by atoms with Crippen LogP contribution in [0, 0.1) is 0 Å². The van der Waals surface area contributed by atoms with E-state index in [9.17, 15) is 9.59 Å². The first kappa shape index (κ1) is 17.3. The van der Waals surface area contributed by atoms with Gasteiger partial charge in [0.25, 0.3) is 5.91 Å². The summed E-state index contributed by atoms with van der Waals surface area (Å²) in [6.45, 7) is 1.81. The van der Waals surface area contributed by atoms with E-state index in [4.69, 9.17) is 15.2 Å². The Kier molecular flexibility index (Phi) is 5.78. The number of nitrogen functional groups attached to an aromatic ring is 1. The van der Waals surface area contributed by atoms with Crippen molar-refractivity contribution in [3.63, 3.8) is 0 Å². The van der Waals surface area contributed by atoms with Crippen molar-refractivity contribution in [2.45, 2.75) is 6.92 Å². The van der Waals surface area contributed by atoms with Gasteiger partial charge < -0.3 is 20.1 Å². The zero-order valence-electron chi connectivity index (χ0n) is 13.7. The first-order chi connectivity index (χ1) is 11.5. The summed E-state index contributed by atoms with van der Waals surface area (Å²) in [5.41, 5.74) is 6.82. The molecule has 0 aliphatic rings. The largest absolute Gasteiger partial charge is 0.484 e. The average molecular weight is 328 g/mol. The van der Waals surface area contributed by atoms with Gasteiger partial charge in [0.2, 0.25) is 0 Å². The van der Waals surface area contributed by atoms with Crippen molar-refractivity contribution in [1.82, 2.24) is 0 Å². The van der Waals surface area contributed by atoms with Gasteiger partial charge in [-0.15, -0.1) is 0 Å². The third-order valence-corrected chi connectivity index (χ3v) is 3.36. The number of anilines is 2. The molecule has 0 aromatic heterocycles. The van der Waals surface area contributed by atoms with Crippen LogP contribution in [-0.4, -0.2) is 32.1 Å². The Bertz CT molecular complexity index is 716. The van der Waals surface area contributed by atoms with Crippen LogP contribution in [0.15, 0.2) is 48.5 Å². The van der Waals surface area contributed by atoms with Gasteiger partial charge in [0, 0.05) is 12.7 Å². The van der Waals surface area contributed by atoms with E-state index in [2.05, 4.69) is 0 Å². The van der Waals surface area contributed by atoms with Crippen LogP contribution >= 0.6 is 0 Å². The second-order valence-corrected chi connectivity index (χ2v) is 5.05. The first-order valence-electron chi connectivity index (χ1n) is 7.54. The molecule has 0 saturated carbocycles. The molecule has 0 heterocycles. The number of ether oxygens (including phenoxy) is 2. The van der Waals surface area contributed by atoms with Crippen LogP contribution in [0.25, 0.3) is 0 Å². The maximum atomic E-state index is 12.4. The molecule has 2 aromatic carbocycles. The molecule has 0 aliphatic heterocycles. The fraction of sp³-hybridized carbons (Fsp3) is 0.222. The SMILES string of the molecule is CCOC(=O)c1cc(N)ccc1N(C)C(=O)COc1ccccc1. The van der Waals surface area contributed by atoms with E-state index in [0.29, 0.717) is 17.1 Å². The predicted octanol–water partition coefficient (Wildman–Crippen LogP) is 2.49. The van der Waals surface area contributed by atoms with E-state index in [-0.39, 0.29) is 24.7 Å². The lowest BCUT2D eigenvalue weighted by atomic mass is 10.1. The molecule has 6 heteroatoms. The summed E-state index contributed by atoms with van der Waals surface area (Å²) in [5.74, 6) is -0.222. The van der Waals surface area contributed by atoms with Crippen molar-refractivity contribution in [2.24, 2.45) is 0 Å². The highest BCUT2D eigenvalue weighted by Gasteiger charge is 2.20. The Labute approximate surface area is 140 Å². The molecule has 2 aromatic rings. The normalized spacial score (nSPS) is 10.1. The van der Waals surface area contributed by atoms with Gasteiger partial charge in [0.15, 0.2) is 6.61 Å². The third-order valence-electron chi connectivity index (χ3n) is 3.36. The van der Waals surface area contributed by atoms with E-state index in [1.165, 1.54) is 11.0 Å². The molecule has 2 N–H and O–H groups in total. The number of nitrogens with zero attached hydrogens (tertiary/aromatic N) is 1. The quantitative estimate of drug-likeness (QED) is 0.651. The number of carbonyl (C=O) groups excluding carboxylic acids is 2. The van der Waals surface area contributed by atoms with Crippen molar-refractivity contribution in [3.8, 4) is 5.75 Å². The number of hydrogen-bond acceptors (Lipinski definition) is 5. The Morgan fingerprint density at radius 3 is 2.50 bits per heavy atom. The molecule has 0 fully saturated rings. The lowest BCUT2D eigenvalue weighted by molar-refractivity contribution is -0.120. The van der Waals surface area contributed by atoms with Crippen LogP contribution in [0.4, 0.5) is 11.4 Å². The minimum absolute atomic E-state index is 0.146. The topological polar surface area (TPSA) is 81.9 Å². The summed E-state index contributed by atoms with van der Waals surface area (Å²) < 4.78 is 10.5. The Morgan fingerprint density at radius 1 is 1.12 bits per heavy atom. The molecule has 0 atom stereocenters. The van der Waals surface area contributed by atoms with Crippen molar-refractivity contribution in [1.29, 1.82) is 0 Å². The Hall–Kier alpha value is -3.02. The fourth-order valence-corrected chi connectivity index (χ4v) is 2.11. The first-order valence-corrected chi connectivity index (χ1v) is 7.54. The van der Waals surface area contributed by atoms with Crippen LogP contribution in [0.2, 0.25) is 0 Å². The van der Waals surface area contributed by atoms with Crippen molar-refractivity contribution in [3.05, 3.63) is 54.1 Å². The molecule has 0 radical (unpaired) electrons. The van der Waals surface area contributed by atoms with Crippen LogP contribution in [0.5, 0.6) is 5.75 Å². The van der Waals surface area contributed by atoms with Gasteiger partial charge in [-0.25, -0.2) is 4.79 Å². The molecule has 0 spiro atoms. The monoisotopic (exact) mass is 328 g/mol. The van der Waals surface area contributed by atoms with Gasteiger partial charge in [-0.1, -0.05) is 18.2 Å². The van der Waals surface area contributed by atoms with Gasteiger partial charge >= 0.3 is 5.97 Å². The molecule has 126 valence electrons. The molecular formula is C18H20N2O4. The van der Waals surface area contributed by atoms with Gasteiger partial charge in [0.1, 0.15) is 5.75 Å². The Balaban J connectivity index is 2.14. The number of nitrogens with two attached hydrogens (primary N) is 1. The third kappa shape index (κ3) is 4.25. The number of amides is 1. The van der Waals surface area contributed by atoms with E-state index in [1.54, 1.807) is 38.2 Å². The molecule has 0 aliphatic carbocycles. The maximum Gasteiger partial charge on any atom is 0.340 e. The van der Waals surface area contributed by atoms with E-state index in [1.807, 2.05) is 18.2 Å². The van der Waals surface area contributed by atoms with Crippen molar-refractivity contribution >= 4 is 23.3 Å². The van der Waals surface area contributed by atoms with Crippen molar-refractivity contribution < 1.29 is 19.1 Å². The Morgan fingerprint density at radius 2 is 1.83 bits per heavy atom. The number of rotatable bonds is 6. The number of likely N-dealkylation sites (N-methyl/N-ethyl adjacent to an activating group) is 1. The second kappa shape index (κ2) is 8.01. The smallest absolute Gasteiger partial charge is 0.340 e. The summed E-state index contributed by atoms with van der Waals surface area (Å²) in [4.78, 5) is 25.8. The molecule has 1 amide bonds. The summed E-state index contributed by atoms with van der Waals surface area (Å²) in [6.07, 6.45) is 0. The maximum absolute atomic E-state index is 12.4. The summed E-state index contributed by atoms with van der Waals surface area (Å²) >= 11 is 0. The van der Waals surface area contributed by atoms with Gasteiger partial charge in [-0.05, 0) is 37.3 Å². The van der Waals surface area contributed by atoms with E-state index in [0.717, 1.165) is 0 Å². The lowest BCUT2D eigenvalue weighted by Gasteiger charge is -2.20. The summed E-state index contributed by atoms with van der Waals surface area (Å²) in [7, 11) is 1.57. The van der Waals surface area contributed by atoms with Crippen molar-refractivity contribution in [2.75, 3.05) is 30.9 Å². The fourth-order valence-electron chi connectivity index (χ4n) is 2.11. The number of para-hydroxylation sites is 1. The average Bonchev–Trinajstić information content (AvgIpc) is 2.60. The molecule has 24 heavy (non-hydrogen) atoms. The highest BCUT2D eigenvalue weighted by Crippen LogP contribution is 2.23. The lowest BCUT2D eigenvalue weighted by Crippen LogP contribution is -2.32. The second-order valence-electron chi connectivity index (χ2n) is 5.05. The predicted molar refractivity (Wildman–Crippen MR) is 92.2 cm³/mol. The molecule has 0 bridgehead atoms. The standard InChI is InChI=1S/C18H20N2O4/c1-3-23-18(22)15-11-13(19)9-10-16(15)20(2)17(21)12-24-14-7-5-4-6-8-14/h4-11H,3,12,19H2,1-2H3. The minimum Gasteiger partial charge on any atom is -0.484 e. The highest BCUT2D eigenvalue weighted by molar-refractivity contribution is 6.03. The van der Waals surface area contributed by atoms with Crippen LogP contribution < -0.4 is 15.4 Å². The molecule has 2 rings (SSSR count). The number of benzene rings is 2. The highest BCUT2D eigenvalue weighted by atomic mass is 16.5. The number of carbonyl (C=O) groups is 2. The van der Waals surface area contributed by atoms with Gasteiger partial charge in [0.05, 0.1) is 17.9 Å². The molecule has 0 unspecified atom stereocenters. The van der Waals surface area contributed by atoms with Crippen LogP contribution in [0.1, 0.15) is 17.3 Å². The summed E-state index contributed by atoms with van der Waals surface area (Å²) in [5, 5.41) is 0. The van der Waals surface area contributed by atoms with Gasteiger partial charge in [-0.3, -0.25) is 4.79 Å². The van der Waals surface area contributed by atoms with E-state index >= 15 is 0 Å². The van der Waals surface area contributed by atoms with Gasteiger partial charge in [-0.2, -0.15) is 0 Å². The number of hydrogen-bond donors (Lipinski definition) is 1. The zero-order chi connectivity index (χ0) is 17.5. The molecule has 0 saturated heterocycles. The molecular weight excluding hydrogens is 308 g/mol. The minimum atomic E-state index is -0.525. The molecule has 6 nitrogen and oxygen atoms in total. The van der Waals surface area contributed by atoms with Crippen LogP contribution in [0.3, 0.4) is 0 Å². The van der Waals surface area contributed by atoms with E-state index < -0.39 is 5.97 Å². The van der Waals surface area contributed by atoms with Crippen LogP contribution in [-0.2, 0) is 9.53 Å².